The Kier molecular flexibility index (Phi) is 4.62. The summed E-state index contributed by atoms with van der Waals surface area (Å²) in [5, 5.41) is 10.8. The van der Waals surface area contributed by atoms with E-state index in [9.17, 15) is 9.90 Å². The molecule has 5 heteroatoms. The zero-order chi connectivity index (χ0) is 17.2. The van der Waals surface area contributed by atoms with Gasteiger partial charge >= 0.3 is 0 Å². The van der Waals surface area contributed by atoms with E-state index in [0.717, 1.165) is 6.42 Å². The number of aryl methyl sites for hydroxylation is 1. The number of aliphatic hydroxyl groups is 1. The van der Waals surface area contributed by atoms with Gasteiger partial charge in [0.2, 0.25) is 0 Å². The lowest BCUT2D eigenvalue weighted by Gasteiger charge is -2.43. The summed E-state index contributed by atoms with van der Waals surface area (Å²) < 4.78 is 0. The molecule has 126 valence electrons. The third-order valence-electron chi connectivity index (χ3n) is 4.96. The molecule has 24 heavy (non-hydrogen) atoms. The lowest BCUT2D eigenvalue weighted by atomic mass is 9.78. The summed E-state index contributed by atoms with van der Waals surface area (Å²) in [6, 6.07) is 10.1. The van der Waals surface area contributed by atoms with Gasteiger partial charge in [0.05, 0.1) is 16.9 Å². The molecule has 1 N–H and O–H groups in total. The molecule has 0 bridgehead atoms. The molecule has 1 aliphatic heterocycles. The van der Waals surface area contributed by atoms with Gasteiger partial charge in [-0.1, -0.05) is 30.3 Å². The Balaban J connectivity index is 1.78. The minimum absolute atomic E-state index is 0.00235. The van der Waals surface area contributed by atoms with Crippen molar-refractivity contribution in [1.29, 1.82) is 0 Å². The first-order valence-electron chi connectivity index (χ1n) is 8.29. The summed E-state index contributed by atoms with van der Waals surface area (Å²) in [6.45, 7) is 4.77. The van der Waals surface area contributed by atoms with Gasteiger partial charge in [-0.3, -0.25) is 4.79 Å². The topological polar surface area (TPSA) is 66.3 Å². The number of aromatic nitrogens is 2. The van der Waals surface area contributed by atoms with E-state index in [2.05, 4.69) is 22.1 Å². The fourth-order valence-electron chi connectivity index (χ4n) is 3.26. The highest BCUT2D eigenvalue weighted by Gasteiger charge is 2.39. The monoisotopic (exact) mass is 325 g/mol. The predicted molar refractivity (Wildman–Crippen MR) is 91.5 cm³/mol. The van der Waals surface area contributed by atoms with Gasteiger partial charge in [-0.05, 0) is 32.3 Å². The third-order valence-corrected chi connectivity index (χ3v) is 4.96. The van der Waals surface area contributed by atoms with Gasteiger partial charge in [-0.15, -0.1) is 0 Å². The highest BCUT2D eigenvalue weighted by atomic mass is 16.3. The standard InChI is InChI=1S/C19H23N3O2/c1-14-17(11-20-13-21-14)18(23)22-9-8-19(2,24)16(12-22)10-15-6-4-3-5-7-15/h3-7,11,13,16,24H,8-10,12H2,1-2H3/t16-,19+/m0/s1. The Morgan fingerprint density at radius 2 is 2.12 bits per heavy atom. The summed E-state index contributed by atoms with van der Waals surface area (Å²) in [5.74, 6) is -0.0517. The predicted octanol–water partition coefficient (Wildman–Crippen LogP) is 2.24. The smallest absolute Gasteiger partial charge is 0.257 e. The summed E-state index contributed by atoms with van der Waals surface area (Å²) in [7, 11) is 0. The number of likely N-dealkylation sites (tertiary alicyclic amines) is 1. The second kappa shape index (κ2) is 6.69. The number of rotatable bonds is 3. The molecule has 0 aliphatic carbocycles. The van der Waals surface area contributed by atoms with Gasteiger partial charge in [0.1, 0.15) is 6.33 Å². The molecule has 0 unspecified atom stereocenters. The van der Waals surface area contributed by atoms with Crippen LogP contribution in [-0.4, -0.2) is 44.6 Å². The number of benzene rings is 1. The van der Waals surface area contributed by atoms with E-state index in [1.54, 1.807) is 6.20 Å². The normalized spacial score (nSPS) is 24.0. The van der Waals surface area contributed by atoms with Crippen molar-refractivity contribution in [3.8, 4) is 0 Å². The number of nitrogens with zero attached hydrogens (tertiary/aromatic N) is 3. The van der Waals surface area contributed by atoms with Crippen LogP contribution in [0.2, 0.25) is 0 Å². The number of carbonyl (C=O) groups is 1. The van der Waals surface area contributed by atoms with E-state index < -0.39 is 5.60 Å². The zero-order valence-corrected chi connectivity index (χ0v) is 14.1. The van der Waals surface area contributed by atoms with Gasteiger partial charge in [0.15, 0.2) is 0 Å². The number of hydrogen-bond donors (Lipinski definition) is 1. The third kappa shape index (κ3) is 3.46. The number of amides is 1. The highest BCUT2D eigenvalue weighted by molar-refractivity contribution is 5.95. The van der Waals surface area contributed by atoms with E-state index in [1.807, 2.05) is 36.9 Å². The fraction of sp³-hybridized carbons (Fsp3) is 0.421. The maximum Gasteiger partial charge on any atom is 0.257 e. The van der Waals surface area contributed by atoms with Crippen molar-refractivity contribution < 1.29 is 9.90 Å². The molecule has 3 rings (SSSR count). The first kappa shape index (κ1) is 16.6. The molecule has 0 saturated carbocycles. The number of piperidine rings is 1. The van der Waals surface area contributed by atoms with Crippen molar-refractivity contribution in [2.24, 2.45) is 5.92 Å². The second-order valence-electron chi connectivity index (χ2n) is 6.77. The quantitative estimate of drug-likeness (QED) is 0.940. The van der Waals surface area contributed by atoms with E-state index in [1.165, 1.54) is 11.9 Å². The van der Waals surface area contributed by atoms with E-state index >= 15 is 0 Å². The molecule has 2 heterocycles. The largest absolute Gasteiger partial charge is 0.390 e. The molecular formula is C19H23N3O2. The zero-order valence-electron chi connectivity index (χ0n) is 14.1. The van der Waals surface area contributed by atoms with Gasteiger partial charge in [-0.2, -0.15) is 0 Å². The van der Waals surface area contributed by atoms with E-state index in [-0.39, 0.29) is 11.8 Å². The molecule has 1 aliphatic rings. The van der Waals surface area contributed by atoms with Crippen LogP contribution in [0.4, 0.5) is 0 Å². The molecule has 1 fully saturated rings. The van der Waals surface area contributed by atoms with Crippen LogP contribution < -0.4 is 0 Å². The van der Waals surface area contributed by atoms with Crippen molar-refractivity contribution in [1.82, 2.24) is 14.9 Å². The average molecular weight is 325 g/mol. The second-order valence-corrected chi connectivity index (χ2v) is 6.77. The first-order valence-corrected chi connectivity index (χ1v) is 8.29. The molecule has 0 radical (unpaired) electrons. The Labute approximate surface area is 142 Å². The van der Waals surface area contributed by atoms with Crippen LogP contribution in [-0.2, 0) is 6.42 Å². The lowest BCUT2D eigenvalue weighted by molar-refractivity contribution is -0.0507. The minimum Gasteiger partial charge on any atom is -0.390 e. The summed E-state index contributed by atoms with van der Waals surface area (Å²) in [4.78, 5) is 22.7. The Morgan fingerprint density at radius 3 is 2.83 bits per heavy atom. The Morgan fingerprint density at radius 1 is 1.38 bits per heavy atom. The number of hydrogen-bond acceptors (Lipinski definition) is 4. The first-order chi connectivity index (χ1) is 11.5. The van der Waals surface area contributed by atoms with Crippen molar-refractivity contribution in [3.63, 3.8) is 0 Å². The van der Waals surface area contributed by atoms with E-state index in [4.69, 9.17) is 0 Å². The van der Waals surface area contributed by atoms with Crippen LogP contribution in [0.1, 0.15) is 35.0 Å². The maximum absolute atomic E-state index is 12.8. The molecule has 5 nitrogen and oxygen atoms in total. The van der Waals surface area contributed by atoms with Gasteiger partial charge < -0.3 is 10.0 Å². The van der Waals surface area contributed by atoms with Crippen LogP contribution >= 0.6 is 0 Å². The Bertz CT molecular complexity index is 716. The molecule has 1 aromatic carbocycles. The van der Waals surface area contributed by atoms with Crippen molar-refractivity contribution in [2.45, 2.75) is 32.3 Å². The number of carbonyl (C=O) groups excluding carboxylic acids is 1. The van der Waals surface area contributed by atoms with Crippen LogP contribution in [0.15, 0.2) is 42.9 Å². The van der Waals surface area contributed by atoms with Gasteiger partial charge in [0, 0.05) is 25.2 Å². The van der Waals surface area contributed by atoms with Crippen LogP contribution in [0.25, 0.3) is 0 Å². The summed E-state index contributed by atoms with van der Waals surface area (Å²) >= 11 is 0. The van der Waals surface area contributed by atoms with Crippen molar-refractivity contribution in [2.75, 3.05) is 13.1 Å². The molecule has 1 amide bonds. The minimum atomic E-state index is -0.769. The molecule has 1 saturated heterocycles. The molecule has 2 aromatic rings. The molecule has 1 aromatic heterocycles. The summed E-state index contributed by atoms with van der Waals surface area (Å²) in [5.41, 5.74) is 1.63. The maximum atomic E-state index is 12.8. The van der Waals surface area contributed by atoms with Crippen LogP contribution in [0.3, 0.4) is 0 Å². The van der Waals surface area contributed by atoms with E-state index in [0.29, 0.717) is 30.8 Å². The van der Waals surface area contributed by atoms with Crippen molar-refractivity contribution in [3.05, 3.63) is 59.7 Å². The molecular weight excluding hydrogens is 302 g/mol. The molecule has 2 atom stereocenters. The van der Waals surface area contributed by atoms with Crippen LogP contribution in [0, 0.1) is 12.8 Å². The lowest BCUT2D eigenvalue weighted by Crippen LogP contribution is -2.52. The average Bonchev–Trinajstić information content (AvgIpc) is 2.57. The fourth-order valence-corrected chi connectivity index (χ4v) is 3.26. The summed E-state index contributed by atoms with van der Waals surface area (Å²) in [6.07, 6.45) is 4.35. The SMILES string of the molecule is Cc1ncncc1C(=O)N1CC[C@@](C)(O)[C@@H](Cc2ccccc2)C1. The van der Waals surface area contributed by atoms with Crippen LogP contribution in [0.5, 0.6) is 0 Å². The molecule has 0 spiro atoms. The van der Waals surface area contributed by atoms with Gasteiger partial charge in [0.25, 0.3) is 5.91 Å². The van der Waals surface area contributed by atoms with Gasteiger partial charge in [-0.25, -0.2) is 9.97 Å². The van der Waals surface area contributed by atoms with Crippen molar-refractivity contribution >= 4 is 5.91 Å². The Hall–Kier alpha value is -2.27. The highest BCUT2D eigenvalue weighted by Crippen LogP contribution is 2.31.